The fourth-order valence-corrected chi connectivity index (χ4v) is 3.01. The number of aryl methyl sites for hydroxylation is 1. The Balaban J connectivity index is 1.67. The molecule has 1 aromatic carbocycles. The normalized spacial score (nSPS) is 26.9. The molecule has 0 amide bonds. The second-order valence-corrected chi connectivity index (χ2v) is 5.20. The molecule has 1 aromatic rings. The minimum Gasteiger partial charge on any atom is -0.368 e. The van der Waals surface area contributed by atoms with E-state index in [1.165, 1.54) is 30.6 Å². The molecule has 0 radical (unpaired) electrons. The van der Waals surface area contributed by atoms with Gasteiger partial charge in [-0.25, -0.2) is 0 Å². The van der Waals surface area contributed by atoms with Crippen LogP contribution in [0.2, 0.25) is 0 Å². The Bertz CT molecular complexity index is 352. The standard InChI is InChI=1S/C14H20N2/c15-7-1-2-11-3-5-13(6-4-11)16-10-12-8-14(16)9-12/h3-6,12,14H,1-2,7-10,15H2. The number of rotatable bonds is 4. The van der Waals surface area contributed by atoms with Gasteiger partial charge in [0.2, 0.25) is 0 Å². The molecule has 3 aliphatic rings. The zero-order valence-corrected chi connectivity index (χ0v) is 9.73. The van der Waals surface area contributed by atoms with Crippen molar-refractivity contribution in [3.05, 3.63) is 29.8 Å². The minimum atomic E-state index is 0.789. The van der Waals surface area contributed by atoms with E-state index >= 15 is 0 Å². The number of fused-ring (bicyclic) bond motifs is 1. The van der Waals surface area contributed by atoms with Gasteiger partial charge in [0.15, 0.2) is 0 Å². The molecule has 2 N–H and O–H groups in total. The van der Waals surface area contributed by atoms with Crippen LogP contribution in [0.5, 0.6) is 0 Å². The van der Waals surface area contributed by atoms with Crippen LogP contribution < -0.4 is 10.6 Å². The zero-order valence-electron chi connectivity index (χ0n) is 9.73. The van der Waals surface area contributed by atoms with E-state index in [0.29, 0.717) is 0 Å². The number of nitrogens with two attached hydrogens (primary N) is 1. The van der Waals surface area contributed by atoms with Crippen LogP contribution in [0.15, 0.2) is 24.3 Å². The van der Waals surface area contributed by atoms with Crippen LogP contribution in [-0.2, 0) is 6.42 Å². The molecule has 2 aliphatic heterocycles. The van der Waals surface area contributed by atoms with Crippen molar-refractivity contribution in [2.24, 2.45) is 11.7 Å². The molecule has 3 fully saturated rings. The van der Waals surface area contributed by atoms with Crippen LogP contribution in [-0.4, -0.2) is 19.1 Å². The van der Waals surface area contributed by atoms with Crippen LogP contribution in [0.1, 0.15) is 24.8 Å². The molecule has 2 heterocycles. The van der Waals surface area contributed by atoms with E-state index in [-0.39, 0.29) is 0 Å². The minimum absolute atomic E-state index is 0.789. The second kappa shape index (κ2) is 4.10. The van der Waals surface area contributed by atoms with Crippen molar-refractivity contribution in [3.63, 3.8) is 0 Å². The SMILES string of the molecule is NCCCc1ccc(N2CC3CC2C3)cc1. The molecule has 2 heteroatoms. The Morgan fingerprint density at radius 3 is 2.50 bits per heavy atom. The number of anilines is 1. The summed E-state index contributed by atoms with van der Waals surface area (Å²) >= 11 is 0. The molecule has 0 spiro atoms. The Hall–Kier alpha value is -1.02. The monoisotopic (exact) mass is 216 g/mol. The summed E-state index contributed by atoms with van der Waals surface area (Å²) in [6.07, 6.45) is 5.06. The third-order valence-electron chi connectivity index (χ3n) is 4.04. The molecule has 86 valence electrons. The van der Waals surface area contributed by atoms with Gasteiger partial charge in [-0.1, -0.05) is 12.1 Å². The van der Waals surface area contributed by atoms with Crippen LogP contribution in [0.3, 0.4) is 0 Å². The lowest BCUT2D eigenvalue weighted by Gasteiger charge is -2.27. The highest BCUT2D eigenvalue weighted by Crippen LogP contribution is 2.43. The summed E-state index contributed by atoms with van der Waals surface area (Å²) in [7, 11) is 0. The molecular formula is C14H20N2. The third kappa shape index (κ3) is 1.71. The average Bonchev–Trinajstić information content (AvgIpc) is 2.86. The lowest BCUT2D eigenvalue weighted by molar-refractivity contribution is 0.381. The first-order valence-electron chi connectivity index (χ1n) is 6.42. The molecule has 0 aromatic heterocycles. The predicted molar refractivity (Wildman–Crippen MR) is 67.7 cm³/mol. The Morgan fingerprint density at radius 2 is 1.94 bits per heavy atom. The first-order valence-corrected chi connectivity index (χ1v) is 6.42. The van der Waals surface area contributed by atoms with E-state index in [1.807, 2.05) is 0 Å². The van der Waals surface area contributed by atoms with Crippen molar-refractivity contribution >= 4 is 5.69 Å². The van der Waals surface area contributed by atoms with Crippen molar-refractivity contribution in [1.29, 1.82) is 0 Å². The van der Waals surface area contributed by atoms with Gasteiger partial charge in [-0.15, -0.1) is 0 Å². The number of hydrogen-bond acceptors (Lipinski definition) is 2. The molecule has 16 heavy (non-hydrogen) atoms. The smallest absolute Gasteiger partial charge is 0.0368 e. The maximum atomic E-state index is 5.52. The molecule has 1 aliphatic carbocycles. The van der Waals surface area contributed by atoms with E-state index in [0.717, 1.165) is 31.3 Å². The number of nitrogens with zero attached hydrogens (tertiary/aromatic N) is 1. The molecule has 2 bridgehead atoms. The fraction of sp³-hybridized carbons (Fsp3) is 0.571. The van der Waals surface area contributed by atoms with Gasteiger partial charge < -0.3 is 10.6 Å². The van der Waals surface area contributed by atoms with Gasteiger partial charge in [0.25, 0.3) is 0 Å². The summed E-state index contributed by atoms with van der Waals surface area (Å²) in [6, 6.07) is 9.94. The first kappa shape index (κ1) is 10.2. The third-order valence-corrected chi connectivity index (χ3v) is 4.04. The summed E-state index contributed by atoms with van der Waals surface area (Å²) in [4.78, 5) is 2.58. The average molecular weight is 216 g/mol. The molecular weight excluding hydrogens is 196 g/mol. The molecule has 0 unspecified atom stereocenters. The summed E-state index contributed by atoms with van der Waals surface area (Å²) in [5, 5.41) is 0. The summed E-state index contributed by atoms with van der Waals surface area (Å²) in [5.74, 6) is 0.988. The Morgan fingerprint density at radius 1 is 1.19 bits per heavy atom. The highest BCUT2D eigenvalue weighted by atomic mass is 15.2. The van der Waals surface area contributed by atoms with E-state index in [4.69, 9.17) is 5.73 Å². The lowest BCUT2D eigenvalue weighted by Crippen LogP contribution is -2.28. The predicted octanol–water partition coefficient (Wildman–Crippen LogP) is 2.18. The molecule has 0 atom stereocenters. The van der Waals surface area contributed by atoms with Gasteiger partial charge in [0, 0.05) is 18.3 Å². The van der Waals surface area contributed by atoms with Crippen molar-refractivity contribution in [1.82, 2.24) is 0 Å². The van der Waals surface area contributed by atoms with Crippen LogP contribution >= 0.6 is 0 Å². The maximum absolute atomic E-state index is 5.52. The zero-order chi connectivity index (χ0) is 11.0. The van der Waals surface area contributed by atoms with E-state index in [9.17, 15) is 0 Å². The highest BCUT2D eigenvalue weighted by molar-refractivity contribution is 5.51. The maximum Gasteiger partial charge on any atom is 0.0368 e. The second-order valence-electron chi connectivity index (χ2n) is 5.20. The number of benzene rings is 1. The van der Waals surface area contributed by atoms with Crippen LogP contribution in [0, 0.1) is 5.92 Å². The van der Waals surface area contributed by atoms with Gasteiger partial charge in [-0.05, 0) is 55.8 Å². The fourth-order valence-electron chi connectivity index (χ4n) is 3.01. The topological polar surface area (TPSA) is 29.3 Å². The summed E-state index contributed by atoms with van der Waals surface area (Å²) in [5.41, 5.74) is 8.36. The van der Waals surface area contributed by atoms with Crippen molar-refractivity contribution in [2.45, 2.75) is 31.7 Å². The molecule has 2 saturated heterocycles. The summed E-state index contributed by atoms with van der Waals surface area (Å²) in [6.45, 7) is 2.07. The van der Waals surface area contributed by atoms with Crippen molar-refractivity contribution in [3.8, 4) is 0 Å². The molecule has 4 rings (SSSR count). The summed E-state index contributed by atoms with van der Waals surface area (Å²) < 4.78 is 0. The van der Waals surface area contributed by atoms with Gasteiger partial charge >= 0.3 is 0 Å². The van der Waals surface area contributed by atoms with Gasteiger partial charge in [-0.3, -0.25) is 0 Å². The van der Waals surface area contributed by atoms with Crippen molar-refractivity contribution in [2.75, 3.05) is 18.0 Å². The molecule has 2 nitrogen and oxygen atoms in total. The Kier molecular flexibility index (Phi) is 2.60. The van der Waals surface area contributed by atoms with Gasteiger partial charge in [-0.2, -0.15) is 0 Å². The quantitative estimate of drug-likeness (QED) is 0.836. The highest BCUT2D eigenvalue weighted by Gasteiger charge is 2.42. The van der Waals surface area contributed by atoms with Crippen molar-refractivity contribution < 1.29 is 0 Å². The first-order chi connectivity index (χ1) is 7.86. The molecule has 1 saturated carbocycles. The van der Waals surface area contributed by atoms with Gasteiger partial charge in [0.05, 0.1) is 0 Å². The largest absolute Gasteiger partial charge is 0.368 e. The number of hydrogen-bond donors (Lipinski definition) is 1. The lowest BCUT2D eigenvalue weighted by atomic mass is 9.86. The van der Waals surface area contributed by atoms with Crippen LogP contribution in [0.25, 0.3) is 0 Å². The van der Waals surface area contributed by atoms with E-state index in [2.05, 4.69) is 29.2 Å². The Labute approximate surface area is 97.4 Å². The van der Waals surface area contributed by atoms with Gasteiger partial charge in [0.1, 0.15) is 0 Å². The van der Waals surface area contributed by atoms with E-state index in [1.54, 1.807) is 0 Å². The van der Waals surface area contributed by atoms with Crippen LogP contribution in [0.4, 0.5) is 5.69 Å². The van der Waals surface area contributed by atoms with E-state index < -0.39 is 0 Å².